The molecule has 112 valence electrons. The van der Waals surface area contributed by atoms with E-state index in [-0.39, 0.29) is 11.6 Å². The van der Waals surface area contributed by atoms with Crippen LogP contribution in [0.1, 0.15) is 31.5 Å². The molecule has 0 saturated heterocycles. The average molecular weight is 311 g/mol. The van der Waals surface area contributed by atoms with Gasteiger partial charge in [-0.3, -0.25) is 10.1 Å². The quantitative estimate of drug-likeness (QED) is 0.649. The SMILES string of the molecule is CC(C)c1noc(CCNc2ccc([N+](=O)[O-])cc2Cl)n1. The normalized spacial score (nSPS) is 10.9. The summed E-state index contributed by atoms with van der Waals surface area (Å²) in [6.07, 6.45) is 0.549. The van der Waals surface area contributed by atoms with Crippen molar-refractivity contribution in [1.82, 2.24) is 10.1 Å². The second-order valence-electron chi connectivity index (χ2n) is 4.80. The lowest BCUT2D eigenvalue weighted by atomic mass is 10.2. The first-order valence-electron chi connectivity index (χ1n) is 6.47. The Morgan fingerprint density at radius 2 is 2.24 bits per heavy atom. The van der Waals surface area contributed by atoms with E-state index in [2.05, 4.69) is 15.5 Å². The van der Waals surface area contributed by atoms with Crippen LogP contribution in [0.3, 0.4) is 0 Å². The molecule has 7 nitrogen and oxygen atoms in total. The van der Waals surface area contributed by atoms with Crippen LogP contribution in [0, 0.1) is 10.1 Å². The fourth-order valence-corrected chi connectivity index (χ4v) is 1.91. The van der Waals surface area contributed by atoms with E-state index in [0.717, 1.165) is 0 Å². The van der Waals surface area contributed by atoms with E-state index < -0.39 is 4.92 Å². The molecule has 0 radical (unpaired) electrons. The Kier molecular flexibility index (Phi) is 4.74. The highest BCUT2D eigenvalue weighted by Gasteiger charge is 2.11. The Hall–Kier alpha value is -2.15. The lowest BCUT2D eigenvalue weighted by Crippen LogP contribution is -2.06. The van der Waals surface area contributed by atoms with Crippen molar-refractivity contribution in [2.45, 2.75) is 26.2 Å². The van der Waals surface area contributed by atoms with Gasteiger partial charge in [0.05, 0.1) is 15.6 Å². The maximum absolute atomic E-state index is 10.6. The van der Waals surface area contributed by atoms with Gasteiger partial charge in [0.2, 0.25) is 5.89 Å². The van der Waals surface area contributed by atoms with Gasteiger partial charge in [-0.15, -0.1) is 0 Å². The second kappa shape index (κ2) is 6.53. The molecular formula is C13H15ClN4O3. The summed E-state index contributed by atoms with van der Waals surface area (Å²) in [6, 6.07) is 4.29. The standard InChI is InChI=1S/C13H15ClN4O3/c1-8(2)13-16-12(21-17-13)5-6-15-11-4-3-9(18(19)20)7-10(11)14/h3-4,7-8,15H,5-6H2,1-2H3. The number of non-ortho nitro benzene ring substituents is 1. The molecule has 1 aromatic carbocycles. The van der Waals surface area contributed by atoms with Crippen LogP contribution in [-0.4, -0.2) is 21.6 Å². The van der Waals surface area contributed by atoms with E-state index in [1.807, 2.05) is 13.8 Å². The van der Waals surface area contributed by atoms with Crippen molar-refractivity contribution in [3.8, 4) is 0 Å². The van der Waals surface area contributed by atoms with Gasteiger partial charge in [0.25, 0.3) is 5.69 Å². The minimum Gasteiger partial charge on any atom is -0.383 e. The number of aromatic nitrogens is 2. The van der Waals surface area contributed by atoms with E-state index in [1.54, 1.807) is 6.07 Å². The van der Waals surface area contributed by atoms with Crippen LogP contribution in [-0.2, 0) is 6.42 Å². The molecule has 21 heavy (non-hydrogen) atoms. The first kappa shape index (κ1) is 15.2. The van der Waals surface area contributed by atoms with Crippen LogP contribution in [0.4, 0.5) is 11.4 Å². The highest BCUT2D eigenvalue weighted by Crippen LogP contribution is 2.26. The summed E-state index contributed by atoms with van der Waals surface area (Å²) in [5.74, 6) is 1.45. The Morgan fingerprint density at radius 3 is 2.81 bits per heavy atom. The summed E-state index contributed by atoms with van der Waals surface area (Å²) in [5, 5.41) is 17.9. The molecule has 0 fully saturated rings. The predicted molar refractivity (Wildman–Crippen MR) is 78.7 cm³/mol. The summed E-state index contributed by atoms with van der Waals surface area (Å²) >= 11 is 5.98. The van der Waals surface area contributed by atoms with Gasteiger partial charge in [-0.25, -0.2) is 0 Å². The van der Waals surface area contributed by atoms with Gasteiger partial charge in [0.1, 0.15) is 0 Å². The molecule has 0 amide bonds. The molecule has 1 N–H and O–H groups in total. The number of hydrogen-bond donors (Lipinski definition) is 1. The zero-order valence-electron chi connectivity index (χ0n) is 11.7. The number of nitrogens with one attached hydrogen (secondary N) is 1. The van der Waals surface area contributed by atoms with Gasteiger partial charge >= 0.3 is 0 Å². The van der Waals surface area contributed by atoms with Gasteiger partial charge in [0, 0.05) is 31.0 Å². The van der Waals surface area contributed by atoms with E-state index in [4.69, 9.17) is 16.1 Å². The molecule has 2 rings (SSSR count). The number of anilines is 1. The van der Waals surface area contributed by atoms with Crippen molar-refractivity contribution in [2.75, 3.05) is 11.9 Å². The number of rotatable bonds is 6. The summed E-state index contributed by atoms with van der Waals surface area (Å²) < 4.78 is 5.12. The molecule has 2 aromatic rings. The summed E-state index contributed by atoms with van der Waals surface area (Å²) in [6.45, 7) is 4.52. The Morgan fingerprint density at radius 1 is 1.48 bits per heavy atom. The number of hydrogen-bond acceptors (Lipinski definition) is 6. The lowest BCUT2D eigenvalue weighted by molar-refractivity contribution is -0.384. The third-order valence-corrected chi connectivity index (χ3v) is 3.13. The predicted octanol–water partition coefficient (Wildman–Crippen LogP) is 3.41. The van der Waals surface area contributed by atoms with Crippen molar-refractivity contribution >= 4 is 23.0 Å². The minimum absolute atomic E-state index is 0.0379. The lowest BCUT2D eigenvalue weighted by Gasteiger charge is -2.06. The zero-order valence-corrected chi connectivity index (χ0v) is 12.4. The summed E-state index contributed by atoms with van der Waals surface area (Å²) in [7, 11) is 0. The molecule has 1 heterocycles. The molecule has 1 aromatic heterocycles. The number of nitro groups is 1. The topological polar surface area (TPSA) is 94.1 Å². The number of nitrogens with zero attached hydrogens (tertiary/aromatic N) is 3. The van der Waals surface area contributed by atoms with Gasteiger partial charge in [0.15, 0.2) is 5.82 Å². The minimum atomic E-state index is -0.485. The van der Waals surface area contributed by atoms with Gasteiger partial charge in [-0.05, 0) is 6.07 Å². The number of nitro benzene ring substituents is 1. The van der Waals surface area contributed by atoms with Gasteiger partial charge in [-0.1, -0.05) is 30.6 Å². The molecule has 0 atom stereocenters. The first-order valence-corrected chi connectivity index (χ1v) is 6.85. The molecule has 0 bridgehead atoms. The van der Waals surface area contributed by atoms with E-state index >= 15 is 0 Å². The van der Waals surface area contributed by atoms with Crippen LogP contribution in [0.25, 0.3) is 0 Å². The Labute approximate surface area is 126 Å². The van der Waals surface area contributed by atoms with Crippen LogP contribution in [0.2, 0.25) is 5.02 Å². The molecule has 0 spiro atoms. The molecule has 0 aliphatic heterocycles. The zero-order chi connectivity index (χ0) is 15.4. The van der Waals surface area contributed by atoms with Crippen molar-refractivity contribution in [1.29, 1.82) is 0 Å². The molecule has 8 heteroatoms. The van der Waals surface area contributed by atoms with Crippen molar-refractivity contribution in [3.05, 3.63) is 45.1 Å². The second-order valence-corrected chi connectivity index (χ2v) is 5.21. The Balaban J connectivity index is 1.92. The molecular weight excluding hydrogens is 296 g/mol. The third-order valence-electron chi connectivity index (χ3n) is 2.82. The van der Waals surface area contributed by atoms with E-state index in [0.29, 0.717) is 35.4 Å². The van der Waals surface area contributed by atoms with Gasteiger partial charge in [-0.2, -0.15) is 4.98 Å². The van der Waals surface area contributed by atoms with Crippen molar-refractivity contribution in [2.24, 2.45) is 0 Å². The fourth-order valence-electron chi connectivity index (χ4n) is 1.67. The van der Waals surface area contributed by atoms with Crippen molar-refractivity contribution in [3.63, 3.8) is 0 Å². The molecule has 0 aliphatic carbocycles. The maximum atomic E-state index is 10.6. The highest BCUT2D eigenvalue weighted by atomic mass is 35.5. The van der Waals surface area contributed by atoms with Crippen LogP contribution in [0.15, 0.2) is 22.7 Å². The van der Waals surface area contributed by atoms with Crippen LogP contribution < -0.4 is 5.32 Å². The monoisotopic (exact) mass is 310 g/mol. The maximum Gasteiger partial charge on any atom is 0.271 e. The third kappa shape index (κ3) is 3.91. The van der Waals surface area contributed by atoms with E-state index in [1.165, 1.54) is 12.1 Å². The summed E-state index contributed by atoms with van der Waals surface area (Å²) in [5.41, 5.74) is 0.592. The van der Waals surface area contributed by atoms with Crippen molar-refractivity contribution < 1.29 is 9.45 Å². The fraction of sp³-hybridized carbons (Fsp3) is 0.385. The highest BCUT2D eigenvalue weighted by molar-refractivity contribution is 6.33. The largest absolute Gasteiger partial charge is 0.383 e. The smallest absolute Gasteiger partial charge is 0.271 e. The molecule has 0 unspecified atom stereocenters. The molecule has 0 aliphatic rings. The Bertz CT molecular complexity index is 642. The number of benzene rings is 1. The average Bonchev–Trinajstić information content (AvgIpc) is 2.89. The van der Waals surface area contributed by atoms with Crippen LogP contribution >= 0.6 is 11.6 Å². The van der Waals surface area contributed by atoms with E-state index in [9.17, 15) is 10.1 Å². The first-order chi connectivity index (χ1) is 9.97. The van der Waals surface area contributed by atoms with Gasteiger partial charge < -0.3 is 9.84 Å². The molecule has 0 saturated carbocycles. The number of halogens is 1. The summed E-state index contributed by atoms with van der Waals surface area (Å²) in [4.78, 5) is 14.4. The van der Waals surface area contributed by atoms with Crippen LogP contribution in [0.5, 0.6) is 0 Å².